The Morgan fingerprint density at radius 2 is 1.94 bits per heavy atom. The third-order valence-corrected chi connectivity index (χ3v) is 3.38. The van der Waals surface area contributed by atoms with Gasteiger partial charge in [0.25, 0.3) is 0 Å². The second-order valence-electron chi connectivity index (χ2n) is 4.74. The number of hydrogen-bond acceptors (Lipinski definition) is 3. The SMILES string of the molecule is COc1ccccc1CC(=O)OC1CCCCC1. The smallest absolute Gasteiger partial charge is 0.310 e. The molecule has 0 heterocycles. The molecule has 0 radical (unpaired) electrons. The van der Waals surface area contributed by atoms with Crippen LogP contribution in [-0.4, -0.2) is 19.2 Å². The Morgan fingerprint density at radius 1 is 1.22 bits per heavy atom. The molecule has 0 saturated heterocycles. The van der Waals surface area contributed by atoms with Crippen LogP contribution in [0.4, 0.5) is 0 Å². The molecule has 0 aromatic heterocycles. The van der Waals surface area contributed by atoms with Crippen LogP contribution in [0.15, 0.2) is 24.3 Å². The van der Waals surface area contributed by atoms with Crippen LogP contribution in [0.2, 0.25) is 0 Å². The van der Waals surface area contributed by atoms with Gasteiger partial charge in [0, 0.05) is 5.56 Å². The molecule has 3 nitrogen and oxygen atoms in total. The summed E-state index contributed by atoms with van der Waals surface area (Å²) in [6.07, 6.45) is 6.05. The standard InChI is InChI=1S/C15H20O3/c1-17-14-10-6-5-7-12(14)11-15(16)18-13-8-3-2-4-9-13/h5-7,10,13H,2-4,8-9,11H2,1H3. The summed E-state index contributed by atoms with van der Waals surface area (Å²) in [5, 5.41) is 0. The van der Waals surface area contributed by atoms with Crippen molar-refractivity contribution < 1.29 is 14.3 Å². The fourth-order valence-electron chi connectivity index (χ4n) is 2.42. The first kappa shape index (κ1) is 12.9. The maximum atomic E-state index is 11.9. The van der Waals surface area contributed by atoms with Crippen LogP contribution in [0.1, 0.15) is 37.7 Å². The molecule has 0 spiro atoms. The summed E-state index contributed by atoms with van der Waals surface area (Å²) in [7, 11) is 1.62. The van der Waals surface area contributed by atoms with Gasteiger partial charge >= 0.3 is 5.97 Å². The van der Waals surface area contributed by atoms with Gasteiger partial charge in [-0.1, -0.05) is 24.6 Å². The zero-order valence-electron chi connectivity index (χ0n) is 10.9. The first-order valence-electron chi connectivity index (χ1n) is 6.61. The van der Waals surface area contributed by atoms with Crippen molar-refractivity contribution in [2.75, 3.05) is 7.11 Å². The first-order chi connectivity index (χ1) is 8.79. The van der Waals surface area contributed by atoms with Gasteiger partial charge in [0.05, 0.1) is 13.5 Å². The van der Waals surface area contributed by atoms with Crippen molar-refractivity contribution in [1.29, 1.82) is 0 Å². The Bertz CT molecular complexity index is 394. The van der Waals surface area contributed by atoms with Crippen molar-refractivity contribution in [2.24, 2.45) is 0 Å². The van der Waals surface area contributed by atoms with Gasteiger partial charge in [0.1, 0.15) is 11.9 Å². The van der Waals surface area contributed by atoms with Gasteiger partial charge in [0.2, 0.25) is 0 Å². The maximum absolute atomic E-state index is 11.9. The van der Waals surface area contributed by atoms with Crippen LogP contribution in [0, 0.1) is 0 Å². The molecule has 1 aliphatic carbocycles. The molecule has 0 aliphatic heterocycles. The Labute approximate surface area is 108 Å². The predicted molar refractivity (Wildman–Crippen MR) is 69.7 cm³/mol. The van der Waals surface area contributed by atoms with E-state index in [1.807, 2.05) is 24.3 Å². The lowest BCUT2D eigenvalue weighted by Gasteiger charge is -2.22. The molecule has 2 rings (SSSR count). The number of ether oxygens (including phenoxy) is 2. The summed E-state index contributed by atoms with van der Waals surface area (Å²) >= 11 is 0. The summed E-state index contributed by atoms with van der Waals surface area (Å²) in [6.45, 7) is 0. The van der Waals surface area contributed by atoms with Crippen molar-refractivity contribution in [2.45, 2.75) is 44.6 Å². The quantitative estimate of drug-likeness (QED) is 0.768. The van der Waals surface area contributed by atoms with E-state index in [2.05, 4.69) is 0 Å². The van der Waals surface area contributed by atoms with Gasteiger partial charge in [-0.25, -0.2) is 0 Å². The van der Waals surface area contributed by atoms with Crippen molar-refractivity contribution in [1.82, 2.24) is 0 Å². The van der Waals surface area contributed by atoms with Gasteiger partial charge in [-0.05, 0) is 31.7 Å². The second-order valence-corrected chi connectivity index (χ2v) is 4.74. The van der Waals surface area contributed by atoms with Crippen molar-refractivity contribution >= 4 is 5.97 Å². The molecule has 98 valence electrons. The van der Waals surface area contributed by atoms with Gasteiger partial charge in [0.15, 0.2) is 0 Å². The average molecular weight is 248 g/mol. The summed E-state index contributed by atoms with van der Waals surface area (Å²) < 4.78 is 10.7. The van der Waals surface area contributed by atoms with Crippen LogP contribution in [-0.2, 0) is 16.0 Å². The van der Waals surface area contributed by atoms with Gasteiger partial charge in [-0.2, -0.15) is 0 Å². The highest BCUT2D eigenvalue weighted by atomic mass is 16.5. The molecular formula is C15H20O3. The zero-order valence-corrected chi connectivity index (χ0v) is 10.9. The lowest BCUT2D eigenvalue weighted by atomic mass is 9.98. The van der Waals surface area contributed by atoms with Crippen molar-refractivity contribution in [3.8, 4) is 5.75 Å². The van der Waals surface area contributed by atoms with E-state index in [-0.39, 0.29) is 12.1 Å². The Balaban J connectivity index is 1.90. The van der Waals surface area contributed by atoms with E-state index in [0.717, 1.165) is 24.2 Å². The highest BCUT2D eigenvalue weighted by Crippen LogP contribution is 2.22. The van der Waals surface area contributed by atoms with E-state index in [9.17, 15) is 4.79 Å². The van der Waals surface area contributed by atoms with Crippen LogP contribution in [0.5, 0.6) is 5.75 Å². The molecule has 3 heteroatoms. The monoisotopic (exact) mass is 248 g/mol. The molecule has 1 aromatic rings. The Morgan fingerprint density at radius 3 is 2.67 bits per heavy atom. The molecule has 1 aliphatic rings. The second kappa shape index (κ2) is 6.43. The number of para-hydroxylation sites is 1. The van der Waals surface area contributed by atoms with Gasteiger partial charge < -0.3 is 9.47 Å². The summed E-state index contributed by atoms with van der Waals surface area (Å²) in [5.74, 6) is 0.601. The zero-order chi connectivity index (χ0) is 12.8. The normalized spacial score (nSPS) is 16.3. The highest BCUT2D eigenvalue weighted by Gasteiger charge is 2.18. The lowest BCUT2D eigenvalue weighted by Crippen LogP contribution is -2.22. The molecule has 1 aromatic carbocycles. The molecule has 0 N–H and O–H groups in total. The van der Waals surface area contributed by atoms with Crippen molar-refractivity contribution in [3.63, 3.8) is 0 Å². The van der Waals surface area contributed by atoms with E-state index < -0.39 is 0 Å². The molecule has 0 amide bonds. The Kier molecular flexibility index (Phi) is 4.62. The molecule has 18 heavy (non-hydrogen) atoms. The van der Waals surface area contributed by atoms with E-state index in [1.54, 1.807) is 7.11 Å². The summed E-state index contributed by atoms with van der Waals surface area (Å²) in [6, 6.07) is 7.57. The van der Waals surface area contributed by atoms with Crippen LogP contribution in [0.25, 0.3) is 0 Å². The highest BCUT2D eigenvalue weighted by molar-refractivity contribution is 5.73. The number of carbonyl (C=O) groups is 1. The minimum atomic E-state index is -0.147. The summed E-state index contributed by atoms with van der Waals surface area (Å²) in [5.41, 5.74) is 0.890. The third kappa shape index (κ3) is 3.49. The van der Waals surface area contributed by atoms with Crippen LogP contribution >= 0.6 is 0 Å². The Hall–Kier alpha value is -1.51. The lowest BCUT2D eigenvalue weighted by molar-refractivity contribution is -0.149. The molecular weight excluding hydrogens is 228 g/mol. The van der Waals surface area contributed by atoms with Gasteiger partial charge in [-0.15, -0.1) is 0 Å². The minimum Gasteiger partial charge on any atom is -0.496 e. The molecule has 1 fully saturated rings. The molecule has 1 saturated carbocycles. The number of benzene rings is 1. The number of carbonyl (C=O) groups excluding carboxylic acids is 1. The molecule has 0 unspecified atom stereocenters. The molecule has 0 bridgehead atoms. The largest absolute Gasteiger partial charge is 0.496 e. The third-order valence-electron chi connectivity index (χ3n) is 3.38. The first-order valence-corrected chi connectivity index (χ1v) is 6.61. The minimum absolute atomic E-state index is 0.126. The van der Waals surface area contributed by atoms with E-state index in [1.165, 1.54) is 19.3 Å². The van der Waals surface area contributed by atoms with E-state index >= 15 is 0 Å². The number of rotatable bonds is 4. The van der Waals surface area contributed by atoms with Gasteiger partial charge in [-0.3, -0.25) is 4.79 Å². The maximum Gasteiger partial charge on any atom is 0.310 e. The number of methoxy groups -OCH3 is 1. The number of hydrogen-bond donors (Lipinski definition) is 0. The van der Waals surface area contributed by atoms with Crippen LogP contribution < -0.4 is 4.74 Å². The fraction of sp³-hybridized carbons (Fsp3) is 0.533. The van der Waals surface area contributed by atoms with Crippen molar-refractivity contribution in [3.05, 3.63) is 29.8 Å². The summed E-state index contributed by atoms with van der Waals surface area (Å²) in [4.78, 5) is 11.9. The average Bonchev–Trinajstić information content (AvgIpc) is 2.40. The fourth-order valence-corrected chi connectivity index (χ4v) is 2.42. The van der Waals surface area contributed by atoms with E-state index in [4.69, 9.17) is 9.47 Å². The number of esters is 1. The molecule has 0 atom stereocenters. The van der Waals surface area contributed by atoms with Crippen LogP contribution in [0.3, 0.4) is 0 Å². The topological polar surface area (TPSA) is 35.5 Å². The van der Waals surface area contributed by atoms with E-state index in [0.29, 0.717) is 6.42 Å². The predicted octanol–water partition coefficient (Wildman–Crippen LogP) is 3.11.